The van der Waals surface area contributed by atoms with Gasteiger partial charge in [-0.15, -0.1) is 0 Å². The molecule has 0 spiro atoms. The summed E-state index contributed by atoms with van der Waals surface area (Å²) >= 11 is 0. The van der Waals surface area contributed by atoms with Gasteiger partial charge in [0.1, 0.15) is 6.04 Å². The van der Waals surface area contributed by atoms with Gasteiger partial charge in [0.2, 0.25) is 5.91 Å². The third kappa shape index (κ3) is 5.58. The molecule has 7 heteroatoms. The van der Waals surface area contributed by atoms with Crippen LogP contribution in [0.3, 0.4) is 0 Å². The molecule has 0 heterocycles. The minimum atomic E-state index is -4.59. The Morgan fingerprint density at radius 3 is 2.22 bits per heavy atom. The number of carboxylic acid groups (broad SMARTS) is 1. The van der Waals surface area contributed by atoms with E-state index >= 15 is 0 Å². The lowest BCUT2D eigenvalue weighted by Gasteiger charge is -2.23. The van der Waals surface area contributed by atoms with Crippen molar-refractivity contribution < 1.29 is 27.9 Å². The van der Waals surface area contributed by atoms with Crippen LogP contribution in [-0.4, -0.2) is 29.2 Å². The van der Waals surface area contributed by atoms with Crippen LogP contribution in [0.2, 0.25) is 0 Å². The minimum Gasteiger partial charge on any atom is -0.480 e. The number of halogens is 3. The number of hydrogen-bond acceptors (Lipinski definition) is 2. The molecule has 0 radical (unpaired) electrons. The number of benzene rings is 1. The number of rotatable bonds is 7. The Morgan fingerprint density at radius 1 is 1.22 bits per heavy atom. The third-order valence-electron chi connectivity index (χ3n) is 3.78. The van der Waals surface area contributed by atoms with Gasteiger partial charge < -0.3 is 10.4 Å². The first kappa shape index (κ1) is 19.0. The maximum atomic E-state index is 13.2. The molecular weight excluding hydrogens is 311 g/mol. The first-order valence-corrected chi connectivity index (χ1v) is 7.30. The Morgan fingerprint density at radius 2 is 1.78 bits per heavy atom. The van der Waals surface area contributed by atoms with Gasteiger partial charge in [0, 0.05) is 6.42 Å². The minimum absolute atomic E-state index is 0.0226. The van der Waals surface area contributed by atoms with Crippen molar-refractivity contribution >= 4 is 11.9 Å². The van der Waals surface area contributed by atoms with Gasteiger partial charge in [-0.05, 0) is 11.5 Å². The van der Waals surface area contributed by atoms with E-state index in [9.17, 15) is 22.8 Å². The van der Waals surface area contributed by atoms with Gasteiger partial charge in [-0.1, -0.05) is 50.6 Å². The summed E-state index contributed by atoms with van der Waals surface area (Å²) in [6.07, 6.45) is -4.94. The van der Waals surface area contributed by atoms with Gasteiger partial charge in [-0.3, -0.25) is 4.79 Å². The molecule has 0 fully saturated rings. The molecule has 3 atom stereocenters. The number of amides is 1. The maximum absolute atomic E-state index is 13.2. The van der Waals surface area contributed by atoms with Crippen molar-refractivity contribution in [3.05, 3.63) is 35.9 Å². The summed E-state index contributed by atoms with van der Waals surface area (Å²) in [7, 11) is 0. The fraction of sp³-hybridized carbons (Fsp3) is 0.500. The van der Waals surface area contributed by atoms with Gasteiger partial charge >= 0.3 is 12.1 Å². The van der Waals surface area contributed by atoms with E-state index < -0.39 is 36.4 Å². The van der Waals surface area contributed by atoms with E-state index in [4.69, 9.17) is 5.11 Å². The highest BCUT2D eigenvalue weighted by Gasteiger charge is 2.42. The van der Waals surface area contributed by atoms with E-state index in [1.165, 1.54) is 24.3 Å². The zero-order valence-electron chi connectivity index (χ0n) is 12.9. The lowest BCUT2D eigenvalue weighted by atomic mass is 9.93. The van der Waals surface area contributed by atoms with Crippen molar-refractivity contribution in [1.82, 2.24) is 5.32 Å². The summed E-state index contributed by atoms with van der Waals surface area (Å²) in [4.78, 5) is 23.1. The number of nitrogens with one attached hydrogen (secondary N) is 1. The van der Waals surface area contributed by atoms with Gasteiger partial charge in [-0.25, -0.2) is 4.79 Å². The first-order chi connectivity index (χ1) is 10.7. The molecule has 0 saturated heterocycles. The standard InChI is InChI=1S/C16H20F3NO3/c1-3-10(2)14(15(22)23)20-13(21)9-12(16(17,18)19)11-7-5-4-6-8-11/h4-8,10,12,14H,3,9H2,1-2H3,(H,20,21)(H,22,23). The van der Waals surface area contributed by atoms with Gasteiger partial charge in [0.25, 0.3) is 0 Å². The Balaban J connectivity index is 2.88. The number of hydrogen-bond donors (Lipinski definition) is 2. The van der Waals surface area contributed by atoms with Crippen molar-refractivity contribution in [3.8, 4) is 0 Å². The molecule has 23 heavy (non-hydrogen) atoms. The SMILES string of the molecule is CCC(C)C(NC(=O)CC(c1ccccc1)C(F)(F)F)C(=O)O. The zero-order chi connectivity index (χ0) is 17.6. The second kappa shape index (κ2) is 7.99. The van der Waals surface area contributed by atoms with Crippen LogP contribution in [0.25, 0.3) is 0 Å². The van der Waals surface area contributed by atoms with Crippen LogP contribution in [-0.2, 0) is 9.59 Å². The Kier molecular flexibility index (Phi) is 6.60. The lowest BCUT2D eigenvalue weighted by molar-refractivity contribution is -0.158. The average Bonchev–Trinajstić information content (AvgIpc) is 2.49. The molecule has 1 aromatic carbocycles. The molecule has 3 unspecified atom stereocenters. The molecule has 4 nitrogen and oxygen atoms in total. The van der Waals surface area contributed by atoms with E-state index in [-0.39, 0.29) is 11.5 Å². The molecule has 0 aromatic heterocycles. The molecule has 0 bridgehead atoms. The lowest BCUT2D eigenvalue weighted by Crippen LogP contribution is -2.45. The van der Waals surface area contributed by atoms with Crippen LogP contribution < -0.4 is 5.32 Å². The summed E-state index contributed by atoms with van der Waals surface area (Å²) in [5.41, 5.74) is -0.0226. The van der Waals surface area contributed by atoms with Crippen LogP contribution in [0.1, 0.15) is 38.2 Å². The molecule has 1 aromatic rings. The highest BCUT2D eigenvalue weighted by Crippen LogP contribution is 2.37. The number of carbonyl (C=O) groups is 2. The van der Waals surface area contributed by atoms with E-state index in [1.807, 2.05) is 0 Å². The van der Waals surface area contributed by atoms with E-state index in [2.05, 4.69) is 5.32 Å². The van der Waals surface area contributed by atoms with Crippen molar-refractivity contribution in [2.45, 2.75) is 44.8 Å². The molecule has 0 saturated carbocycles. The highest BCUT2D eigenvalue weighted by atomic mass is 19.4. The number of carbonyl (C=O) groups excluding carboxylic acids is 1. The normalized spacial score (nSPS) is 15.5. The quantitative estimate of drug-likeness (QED) is 0.805. The zero-order valence-corrected chi connectivity index (χ0v) is 12.9. The van der Waals surface area contributed by atoms with E-state index in [1.54, 1.807) is 19.9 Å². The molecular formula is C16H20F3NO3. The number of carboxylic acids is 1. The predicted molar refractivity (Wildman–Crippen MR) is 78.9 cm³/mol. The van der Waals surface area contributed by atoms with Crippen LogP contribution in [0.4, 0.5) is 13.2 Å². The van der Waals surface area contributed by atoms with Gasteiger partial charge in [-0.2, -0.15) is 13.2 Å². The average molecular weight is 331 g/mol. The Hall–Kier alpha value is -2.05. The second-order valence-electron chi connectivity index (χ2n) is 5.48. The summed E-state index contributed by atoms with van der Waals surface area (Å²) in [6.45, 7) is 3.37. The summed E-state index contributed by atoms with van der Waals surface area (Å²) in [6, 6.07) is 5.91. The van der Waals surface area contributed by atoms with Crippen molar-refractivity contribution in [2.75, 3.05) is 0 Å². The van der Waals surface area contributed by atoms with Crippen molar-refractivity contribution in [1.29, 1.82) is 0 Å². The monoisotopic (exact) mass is 331 g/mol. The molecule has 0 aliphatic heterocycles. The topological polar surface area (TPSA) is 66.4 Å². The molecule has 1 amide bonds. The molecule has 0 aliphatic rings. The van der Waals surface area contributed by atoms with Crippen LogP contribution >= 0.6 is 0 Å². The van der Waals surface area contributed by atoms with E-state index in [0.29, 0.717) is 6.42 Å². The van der Waals surface area contributed by atoms with Gasteiger partial charge in [0.05, 0.1) is 5.92 Å². The summed E-state index contributed by atoms with van der Waals surface area (Å²) in [5.74, 6) is -4.52. The van der Waals surface area contributed by atoms with E-state index in [0.717, 1.165) is 0 Å². The van der Waals surface area contributed by atoms with Crippen LogP contribution in [0.15, 0.2) is 30.3 Å². The number of aliphatic carboxylic acids is 1. The molecule has 0 aliphatic carbocycles. The van der Waals surface area contributed by atoms with Crippen molar-refractivity contribution in [3.63, 3.8) is 0 Å². The Bertz CT molecular complexity index is 531. The van der Waals surface area contributed by atoms with Crippen LogP contribution in [0.5, 0.6) is 0 Å². The summed E-state index contributed by atoms with van der Waals surface area (Å²) < 4.78 is 39.6. The molecule has 1 rings (SSSR count). The van der Waals surface area contributed by atoms with Gasteiger partial charge in [0.15, 0.2) is 0 Å². The number of alkyl halides is 3. The summed E-state index contributed by atoms with van der Waals surface area (Å²) in [5, 5.41) is 11.3. The highest BCUT2D eigenvalue weighted by molar-refractivity contribution is 5.84. The van der Waals surface area contributed by atoms with Crippen LogP contribution in [0, 0.1) is 5.92 Å². The second-order valence-corrected chi connectivity index (χ2v) is 5.48. The largest absolute Gasteiger partial charge is 0.480 e. The molecule has 2 N–H and O–H groups in total. The fourth-order valence-electron chi connectivity index (χ4n) is 2.21. The maximum Gasteiger partial charge on any atom is 0.396 e. The predicted octanol–water partition coefficient (Wildman–Crippen LogP) is 3.34. The molecule has 128 valence electrons. The fourth-order valence-corrected chi connectivity index (χ4v) is 2.21. The smallest absolute Gasteiger partial charge is 0.396 e. The Labute approximate surface area is 132 Å². The van der Waals surface area contributed by atoms with Crippen molar-refractivity contribution in [2.24, 2.45) is 5.92 Å². The first-order valence-electron chi connectivity index (χ1n) is 7.30. The third-order valence-corrected chi connectivity index (χ3v) is 3.78.